The minimum Gasteiger partial charge on any atom is -0.371 e. The summed E-state index contributed by atoms with van der Waals surface area (Å²) < 4.78 is 2.01. The van der Waals surface area contributed by atoms with Gasteiger partial charge in [-0.25, -0.2) is 5.01 Å². The predicted molar refractivity (Wildman–Crippen MR) is 113 cm³/mol. The molecular formula is C22H30ClN3O. The monoisotopic (exact) mass is 387 g/mol. The molecular weight excluding hydrogens is 358 g/mol. The topological polar surface area (TPSA) is 28.5 Å². The van der Waals surface area contributed by atoms with Gasteiger partial charge in [-0.2, -0.15) is 0 Å². The van der Waals surface area contributed by atoms with Crippen molar-refractivity contribution in [3.05, 3.63) is 54.4 Å². The van der Waals surface area contributed by atoms with Gasteiger partial charge in [0, 0.05) is 37.1 Å². The van der Waals surface area contributed by atoms with Gasteiger partial charge in [0.2, 0.25) is 5.91 Å². The van der Waals surface area contributed by atoms with Gasteiger partial charge in [-0.3, -0.25) is 9.47 Å². The average Bonchev–Trinajstić information content (AvgIpc) is 3.15. The molecule has 0 unspecified atom stereocenters. The van der Waals surface area contributed by atoms with E-state index in [0.717, 1.165) is 45.2 Å². The number of amides is 1. The number of nitrogens with zero attached hydrogens (tertiary/aromatic N) is 3. The van der Waals surface area contributed by atoms with E-state index in [1.807, 2.05) is 34.2 Å². The van der Waals surface area contributed by atoms with E-state index >= 15 is 0 Å². The lowest BCUT2D eigenvalue weighted by molar-refractivity contribution is -0.127. The van der Waals surface area contributed by atoms with Gasteiger partial charge >= 0.3 is 0 Å². The van der Waals surface area contributed by atoms with E-state index < -0.39 is 0 Å². The highest BCUT2D eigenvalue weighted by Crippen LogP contribution is 2.31. The number of para-hydroxylation sites is 1. The Kier molecular flexibility index (Phi) is 6.48. The number of carbonyl (C=O) groups excluding carboxylic acids is 1. The molecule has 1 aliphatic heterocycles. The third-order valence-electron chi connectivity index (χ3n) is 6.04. The number of piperidine rings is 1. The number of aryl methyl sites for hydroxylation is 1. The fourth-order valence-electron chi connectivity index (χ4n) is 4.26. The third-order valence-corrected chi connectivity index (χ3v) is 6.04. The van der Waals surface area contributed by atoms with Crippen LogP contribution in [0.25, 0.3) is 0 Å². The van der Waals surface area contributed by atoms with Crippen LogP contribution < -0.4 is 9.91 Å². The molecule has 1 saturated carbocycles. The molecule has 5 heteroatoms. The zero-order valence-corrected chi connectivity index (χ0v) is 16.9. The van der Waals surface area contributed by atoms with Crippen molar-refractivity contribution in [2.75, 3.05) is 23.0 Å². The van der Waals surface area contributed by atoms with Gasteiger partial charge in [-0.1, -0.05) is 31.5 Å². The summed E-state index contributed by atoms with van der Waals surface area (Å²) in [4.78, 5) is 15.6. The summed E-state index contributed by atoms with van der Waals surface area (Å²) in [6, 6.07) is 13.0. The highest BCUT2D eigenvalue weighted by Gasteiger charge is 2.35. The van der Waals surface area contributed by atoms with E-state index in [1.54, 1.807) is 0 Å². The van der Waals surface area contributed by atoms with Gasteiger partial charge in [0.25, 0.3) is 0 Å². The van der Waals surface area contributed by atoms with Crippen molar-refractivity contribution >= 4 is 24.0 Å². The van der Waals surface area contributed by atoms with Gasteiger partial charge in [0.15, 0.2) is 0 Å². The second kappa shape index (κ2) is 8.83. The van der Waals surface area contributed by atoms with Crippen molar-refractivity contribution in [2.24, 2.45) is 5.92 Å². The SMILES string of the molecule is CCc1ccccc1N1CCC(N(C(=O)C2CCC2)n2cccc2)CC1.Cl. The first-order valence-corrected chi connectivity index (χ1v) is 10.1. The number of anilines is 1. The van der Waals surface area contributed by atoms with Crippen LogP contribution in [0.2, 0.25) is 0 Å². The number of rotatable bonds is 5. The Balaban J connectivity index is 0.00000210. The van der Waals surface area contributed by atoms with Crippen molar-refractivity contribution in [1.29, 1.82) is 0 Å². The van der Waals surface area contributed by atoms with Gasteiger partial charge in [-0.15, -0.1) is 12.4 Å². The maximum Gasteiger partial charge on any atom is 0.244 e. The first-order valence-electron chi connectivity index (χ1n) is 10.1. The largest absolute Gasteiger partial charge is 0.371 e. The third kappa shape index (κ3) is 4.01. The molecule has 1 aromatic carbocycles. The smallest absolute Gasteiger partial charge is 0.244 e. The Bertz CT molecular complexity index is 734. The van der Waals surface area contributed by atoms with Gasteiger partial charge < -0.3 is 4.90 Å². The molecule has 1 aliphatic carbocycles. The van der Waals surface area contributed by atoms with Crippen molar-refractivity contribution in [3.8, 4) is 0 Å². The molecule has 1 aromatic heterocycles. The van der Waals surface area contributed by atoms with Crippen molar-refractivity contribution in [3.63, 3.8) is 0 Å². The summed E-state index contributed by atoms with van der Waals surface area (Å²) in [6.45, 7) is 4.24. The number of benzene rings is 1. The molecule has 2 fully saturated rings. The van der Waals surface area contributed by atoms with E-state index in [9.17, 15) is 4.79 Å². The van der Waals surface area contributed by atoms with Crippen LogP contribution in [0.4, 0.5) is 5.69 Å². The predicted octanol–water partition coefficient (Wildman–Crippen LogP) is 4.41. The highest BCUT2D eigenvalue weighted by atomic mass is 35.5. The number of halogens is 1. The van der Waals surface area contributed by atoms with Crippen LogP contribution in [0.1, 0.15) is 44.6 Å². The number of aromatic nitrogens is 1. The zero-order chi connectivity index (χ0) is 17.9. The van der Waals surface area contributed by atoms with Gasteiger partial charge in [0.05, 0.1) is 6.04 Å². The molecule has 0 spiro atoms. The first-order chi connectivity index (χ1) is 12.8. The molecule has 2 aromatic rings. The lowest BCUT2D eigenvalue weighted by Gasteiger charge is -2.42. The van der Waals surface area contributed by atoms with Crippen molar-refractivity contribution < 1.29 is 4.79 Å². The number of hydrogen-bond donors (Lipinski definition) is 0. The Morgan fingerprint density at radius 2 is 1.70 bits per heavy atom. The molecule has 146 valence electrons. The lowest BCUT2D eigenvalue weighted by atomic mass is 9.84. The van der Waals surface area contributed by atoms with Crippen LogP contribution in [0.3, 0.4) is 0 Å². The molecule has 1 amide bonds. The minimum absolute atomic E-state index is 0. The van der Waals surface area contributed by atoms with Crippen LogP contribution in [-0.4, -0.2) is 29.7 Å². The van der Waals surface area contributed by atoms with Crippen LogP contribution in [0, 0.1) is 5.92 Å². The molecule has 0 radical (unpaired) electrons. The van der Waals surface area contributed by atoms with Crippen LogP contribution in [0.15, 0.2) is 48.8 Å². The average molecular weight is 388 g/mol. The molecule has 0 bridgehead atoms. The summed E-state index contributed by atoms with van der Waals surface area (Å²) >= 11 is 0. The van der Waals surface area contributed by atoms with Gasteiger partial charge in [0.1, 0.15) is 0 Å². The molecule has 4 rings (SSSR count). The van der Waals surface area contributed by atoms with Crippen molar-refractivity contribution in [2.45, 2.75) is 51.5 Å². The second-order valence-electron chi connectivity index (χ2n) is 7.57. The standard InChI is InChI=1S/C22H29N3O.ClH/c1-2-18-8-3-4-11-21(18)23-16-12-20(13-17-23)25(24-14-5-6-15-24)22(26)19-9-7-10-19;/h3-6,8,11,14-15,19-20H,2,7,9-10,12-13,16-17H2,1H3;1H. The van der Waals surface area contributed by atoms with E-state index in [-0.39, 0.29) is 18.3 Å². The molecule has 1 saturated heterocycles. The summed E-state index contributed by atoms with van der Waals surface area (Å²) in [5, 5.41) is 2.05. The number of carbonyl (C=O) groups is 1. The summed E-state index contributed by atoms with van der Waals surface area (Å²) in [7, 11) is 0. The molecule has 2 aliphatic rings. The molecule has 27 heavy (non-hydrogen) atoms. The highest BCUT2D eigenvalue weighted by molar-refractivity contribution is 5.89. The van der Waals surface area contributed by atoms with Crippen molar-refractivity contribution in [1.82, 2.24) is 4.68 Å². The molecule has 4 nitrogen and oxygen atoms in total. The van der Waals surface area contributed by atoms with Crippen LogP contribution in [-0.2, 0) is 11.2 Å². The maximum atomic E-state index is 13.1. The Hall–Kier alpha value is -1.94. The van der Waals surface area contributed by atoms with Crippen LogP contribution in [0.5, 0.6) is 0 Å². The lowest BCUT2D eigenvalue weighted by Crippen LogP contribution is -2.55. The Labute approximate surface area is 168 Å². The first kappa shape index (κ1) is 19.8. The zero-order valence-electron chi connectivity index (χ0n) is 16.1. The van der Waals surface area contributed by atoms with Gasteiger partial charge in [-0.05, 0) is 55.9 Å². The summed E-state index contributed by atoms with van der Waals surface area (Å²) in [6.07, 6.45) is 10.4. The van der Waals surface area contributed by atoms with E-state index in [2.05, 4.69) is 36.1 Å². The van der Waals surface area contributed by atoms with E-state index in [4.69, 9.17) is 0 Å². The summed E-state index contributed by atoms with van der Waals surface area (Å²) in [5.74, 6) is 0.552. The molecule has 0 atom stereocenters. The quantitative estimate of drug-likeness (QED) is 0.760. The molecule has 2 heterocycles. The Morgan fingerprint density at radius 1 is 1.04 bits per heavy atom. The normalized spacial score (nSPS) is 17.9. The minimum atomic E-state index is 0. The molecule has 0 N–H and O–H groups in total. The second-order valence-corrected chi connectivity index (χ2v) is 7.57. The number of hydrogen-bond acceptors (Lipinski definition) is 2. The fourth-order valence-corrected chi connectivity index (χ4v) is 4.26. The fraction of sp³-hybridized carbons (Fsp3) is 0.500. The Morgan fingerprint density at radius 3 is 2.30 bits per heavy atom. The van der Waals surface area contributed by atoms with E-state index in [1.165, 1.54) is 17.7 Å². The van der Waals surface area contributed by atoms with E-state index in [0.29, 0.717) is 11.9 Å². The van der Waals surface area contributed by atoms with Crippen LogP contribution >= 0.6 is 12.4 Å². The maximum absolute atomic E-state index is 13.1. The summed E-state index contributed by atoms with van der Waals surface area (Å²) in [5.41, 5.74) is 2.78.